The van der Waals surface area contributed by atoms with Crippen molar-refractivity contribution in [3.05, 3.63) is 28.8 Å². The van der Waals surface area contributed by atoms with E-state index in [9.17, 15) is 0 Å². The van der Waals surface area contributed by atoms with Gasteiger partial charge in [-0.3, -0.25) is 4.90 Å². The zero-order valence-corrected chi connectivity index (χ0v) is 13.0. The SMILES string of the molecule is CCN(CCO)CC(Cl)c1cc(C)cc(C)c1OC. The van der Waals surface area contributed by atoms with E-state index in [0.717, 1.165) is 23.4 Å². The summed E-state index contributed by atoms with van der Waals surface area (Å²) in [7, 11) is 1.68. The van der Waals surface area contributed by atoms with E-state index in [-0.39, 0.29) is 12.0 Å². The van der Waals surface area contributed by atoms with Crippen molar-refractivity contribution >= 4 is 11.6 Å². The van der Waals surface area contributed by atoms with E-state index in [0.29, 0.717) is 13.1 Å². The molecule has 0 saturated carbocycles. The van der Waals surface area contributed by atoms with Crippen LogP contribution >= 0.6 is 11.6 Å². The van der Waals surface area contributed by atoms with Crippen LogP contribution in [-0.2, 0) is 0 Å². The lowest BCUT2D eigenvalue weighted by molar-refractivity contribution is 0.201. The second-order valence-electron chi connectivity index (χ2n) is 4.79. The largest absolute Gasteiger partial charge is 0.496 e. The number of rotatable bonds is 7. The predicted octanol–water partition coefficient (Wildman–Crippen LogP) is 2.91. The fourth-order valence-electron chi connectivity index (χ4n) is 2.34. The second-order valence-corrected chi connectivity index (χ2v) is 5.32. The van der Waals surface area contributed by atoms with Crippen molar-refractivity contribution in [1.29, 1.82) is 0 Å². The summed E-state index contributed by atoms with van der Waals surface area (Å²) in [4.78, 5) is 2.13. The molecule has 0 aliphatic heterocycles. The van der Waals surface area contributed by atoms with E-state index in [1.165, 1.54) is 5.56 Å². The molecule has 0 radical (unpaired) electrons. The fraction of sp³-hybridized carbons (Fsp3) is 0.600. The number of ether oxygens (including phenoxy) is 1. The second kappa shape index (κ2) is 7.73. The summed E-state index contributed by atoms with van der Waals surface area (Å²) in [6.45, 7) is 8.54. The lowest BCUT2D eigenvalue weighted by Crippen LogP contribution is -2.30. The standard InChI is InChI=1S/C15H24ClNO2/c1-5-17(6-7-18)10-14(16)13-9-11(2)8-12(3)15(13)19-4/h8-9,14,18H,5-7,10H2,1-4H3. The lowest BCUT2D eigenvalue weighted by atomic mass is 10.0. The van der Waals surface area contributed by atoms with E-state index in [4.69, 9.17) is 21.4 Å². The number of aliphatic hydroxyl groups excluding tert-OH is 1. The highest BCUT2D eigenvalue weighted by Gasteiger charge is 2.18. The van der Waals surface area contributed by atoms with Gasteiger partial charge < -0.3 is 9.84 Å². The zero-order valence-electron chi connectivity index (χ0n) is 12.2. The first-order valence-corrected chi connectivity index (χ1v) is 7.09. The van der Waals surface area contributed by atoms with Crippen LogP contribution in [0.25, 0.3) is 0 Å². The van der Waals surface area contributed by atoms with Gasteiger partial charge in [-0.25, -0.2) is 0 Å². The molecule has 1 atom stereocenters. The highest BCUT2D eigenvalue weighted by molar-refractivity contribution is 6.21. The van der Waals surface area contributed by atoms with E-state index >= 15 is 0 Å². The molecule has 0 aliphatic carbocycles. The normalized spacial score (nSPS) is 12.8. The van der Waals surface area contributed by atoms with Crippen LogP contribution in [0, 0.1) is 13.8 Å². The van der Waals surface area contributed by atoms with Gasteiger partial charge in [0, 0.05) is 18.7 Å². The van der Waals surface area contributed by atoms with Crippen LogP contribution in [0.1, 0.15) is 29.0 Å². The van der Waals surface area contributed by atoms with Crippen molar-refractivity contribution in [1.82, 2.24) is 4.90 Å². The maximum Gasteiger partial charge on any atom is 0.126 e. The number of aryl methyl sites for hydroxylation is 2. The molecule has 1 rings (SSSR count). The minimum absolute atomic E-state index is 0.139. The Morgan fingerprint density at radius 3 is 2.58 bits per heavy atom. The average molecular weight is 286 g/mol. The summed E-state index contributed by atoms with van der Waals surface area (Å²) in [6, 6.07) is 4.17. The number of likely N-dealkylation sites (N-methyl/N-ethyl adjacent to an activating group) is 1. The van der Waals surface area contributed by atoms with Gasteiger partial charge in [-0.1, -0.05) is 24.6 Å². The van der Waals surface area contributed by atoms with Gasteiger partial charge in [0.15, 0.2) is 0 Å². The first kappa shape index (κ1) is 16.3. The van der Waals surface area contributed by atoms with Gasteiger partial charge in [0.25, 0.3) is 0 Å². The smallest absolute Gasteiger partial charge is 0.126 e. The van der Waals surface area contributed by atoms with Gasteiger partial charge in [0.05, 0.1) is 19.1 Å². The molecule has 0 aliphatic rings. The molecular weight excluding hydrogens is 262 g/mol. The predicted molar refractivity (Wildman–Crippen MR) is 80.3 cm³/mol. The number of hydrogen-bond acceptors (Lipinski definition) is 3. The molecule has 0 amide bonds. The summed E-state index contributed by atoms with van der Waals surface area (Å²) in [5, 5.41) is 8.89. The molecule has 3 nitrogen and oxygen atoms in total. The molecule has 4 heteroatoms. The maximum atomic E-state index is 9.03. The summed E-state index contributed by atoms with van der Waals surface area (Å²) in [6.07, 6.45) is 0. The van der Waals surface area contributed by atoms with Crippen molar-refractivity contribution in [2.45, 2.75) is 26.1 Å². The van der Waals surface area contributed by atoms with Crippen LogP contribution in [0.4, 0.5) is 0 Å². The molecular formula is C15H24ClNO2. The fourth-order valence-corrected chi connectivity index (χ4v) is 2.70. The molecule has 0 heterocycles. The van der Waals surface area contributed by atoms with Crippen LogP contribution in [0.5, 0.6) is 5.75 Å². The van der Waals surface area contributed by atoms with Crippen molar-refractivity contribution in [3.63, 3.8) is 0 Å². The molecule has 1 unspecified atom stereocenters. The van der Waals surface area contributed by atoms with Gasteiger partial charge in [-0.15, -0.1) is 11.6 Å². The minimum atomic E-state index is -0.139. The zero-order chi connectivity index (χ0) is 14.4. The number of benzene rings is 1. The van der Waals surface area contributed by atoms with E-state index in [2.05, 4.69) is 30.9 Å². The number of halogens is 1. The molecule has 19 heavy (non-hydrogen) atoms. The highest BCUT2D eigenvalue weighted by atomic mass is 35.5. The Kier molecular flexibility index (Phi) is 6.63. The number of nitrogens with zero attached hydrogens (tertiary/aromatic N) is 1. The van der Waals surface area contributed by atoms with Gasteiger partial charge in [-0.2, -0.15) is 0 Å². The van der Waals surface area contributed by atoms with Crippen LogP contribution < -0.4 is 4.74 Å². The summed E-state index contributed by atoms with van der Waals surface area (Å²) in [5.74, 6) is 0.866. The third kappa shape index (κ3) is 4.37. The Morgan fingerprint density at radius 1 is 1.37 bits per heavy atom. The van der Waals surface area contributed by atoms with Gasteiger partial charge in [0.2, 0.25) is 0 Å². The molecule has 1 N–H and O–H groups in total. The Morgan fingerprint density at radius 2 is 2.05 bits per heavy atom. The number of alkyl halides is 1. The van der Waals surface area contributed by atoms with Crippen molar-refractivity contribution in [3.8, 4) is 5.75 Å². The third-order valence-corrected chi connectivity index (χ3v) is 3.64. The molecule has 1 aromatic rings. The first-order chi connectivity index (χ1) is 9.03. The van der Waals surface area contributed by atoms with Gasteiger partial charge in [0.1, 0.15) is 5.75 Å². The maximum absolute atomic E-state index is 9.03. The molecule has 0 fully saturated rings. The topological polar surface area (TPSA) is 32.7 Å². The Bertz CT molecular complexity index is 409. The minimum Gasteiger partial charge on any atom is -0.496 e. The average Bonchev–Trinajstić information content (AvgIpc) is 2.37. The summed E-state index contributed by atoms with van der Waals surface area (Å²) in [5.41, 5.74) is 3.32. The van der Waals surface area contributed by atoms with Crippen molar-refractivity contribution < 1.29 is 9.84 Å². The quantitative estimate of drug-likeness (QED) is 0.782. The molecule has 0 spiro atoms. The molecule has 1 aromatic carbocycles. The molecule has 0 aromatic heterocycles. The van der Waals surface area contributed by atoms with Crippen LogP contribution in [0.15, 0.2) is 12.1 Å². The Balaban J connectivity index is 2.94. The Labute approximate surface area is 121 Å². The summed E-state index contributed by atoms with van der Waals surface area (Å²) < 4.78 is 5.48. The van der Waals surface area contributed by atoms with Crippen molar-refractivity contribution in [2.75, 3.05) is 33.4 Å². The number of aliphatic hydroxyl groups is 1. The van der Waals surface area contributed by atoms with E-state index < -0.39 is 0 Å². The molecule has 0 bridgehead atoms. The monoisotopic (exact) mass is 285 g/mol. The van der Waals surface area contributed by atoms with Gasteiger partial charge in [-0.05, 0) is 26.0 Å². The van der Waals surface area contributed by atoms with E-state index in [1.54, 1.807) is 7.11 Å². The number of methoxy groups -OCH3 is 1. The van der Waals surface area contributed by atoms with Crippen LogP contribution in [-0.4, -0.2) is 43.4 Å². The molecule has 108 valence electrons. The third-order valence-electron chi connectivity index (χ3n) is 3.27. The summed E-state index contributed by atoms with van der Waals surface area (Å²) >= 11 is 6.54. The van der Waals surface area contributed by atoms with Crippen LogP contribution in [0.2, 0.25) is 0 Å². The molecule has 0 saturated heterocycles. The van der Waals surface area contributed by atoms with E-state index in [1.807, 2.05) is 6.92 Å². The lowest BCUT2D eigenvalue weighted by Gasteiger charge is -2.24. The van der Waals surface area contributed by atoms with Crippen molar-refractivity contribution in [2.24, 2.45) is 0 Å². The highest BCUT2D eigenvalue weighted by Crippen LogP contribution is 2.34. The Hall–Kier alpha value is -0.770. The van der Waals surface area contributed by atoms with Crippen LogP contribution in [0.3, 0.4) is 0 Å². The first-order valence-electron chi connectivity index (χ1n) is 6.65. The number of hydrogen-bond donors (Lipinski definition) is 1. The van der Waals surface area contributed by atoms with Gasteiger partial charge >= 0.3 is 0 Å².